The minimum atomic E-state index is 0.165. The van der Waals surface area contributed by atoms with E-state index in [9.17, 15) is 4.79 Å². The molecule has 0 spiro atoms. The van der Waals surface area contributed by atoms with Gasteiger partial charge in [-0.25, -0.2) is 0 Å². The molecule has 112 valence electrons. The van der Waals surface area contributed by atoms with Crippen molar-refractivity contribution in [1.29, 1.82) is 0 Å². The molecule has 0 aromatic carbocycles. The van der Waals surface area contributed by atoms with Crippen molar-refractivity contribution < 1.29 is 4.79 Å². The summed E-state index contributed by atoms with van der Waals surface area (Å²) in [4.78, 5) is 14.7. The molecule has 1 saturated heterocycles. The first-order valence-electron chi connectivity index (χ1n) is 7.86. The predicted molar refractivity (Wildman–Crippen MR) is 87.7 cm³/mol. The summed E-state index contributed by atoms with van der Waals surface area (Å²) in [5.74, 6) is 1.01. The van der Waals surface area contributed by atoms with E-state index in [0.29, 0.717) is 11.8 Å². The van der Waals surface area contributed by atoms with Gasteiger partial charge in [-0.3, -0.25) is 4.79 Å². The zero-order valence-electron chi connectivity index (χ0n) is 13.2. The lowest BCUT2D eigenvalue weighted by Crippen LogP contribution is -2.37. The molecule has 0 saturated carbocycles. The lowest BCUT2D eigenvalue weighted by atomic mass is 9.97. The maximum atomic E-state index is 12.6. The molecule has 2 nitrogen and oxygen atoms in total. The Morgan fingerprint density at radius 3 is 2.80 bits per heavy atom. The van der Waals surface area contributed by atoms with Crippen LogP contribution in [0, 0.1) is 5.92 Å². The first-order valence-corrected chi connectivity index (χ1v) is 8.81. The van der Waals surface area contributed by atoms with Crippen LogP contribution in [0.1, 0.15) is 53.4 Å². The third-order valence-electron chi connectivity index (χ3n) is 4.21. The number of carbonyl (C=O) groups excluding carboxylic acids is 1. The van der Waals surface area contributed by atoms with Crippen LogP contribution in [0.15, 0.2) is 23.3 Å². The van der Waals surface area contributed by atoms with Crippen LogP contribution in [-0.4, -0.2) is 28.0 Å². The molecule has 2 rings (SSSR count). The summed E-state index contributed by atoms with van der Waals surface area (Å²) in [6.45, 7) is 9.68. The molecule has 1 heterocycles. The lowest BCUT2D eigenvalue weighted by Gasteiger charge is -2.29. The molecular weight excluding hydrogens is 266 g/mol. The number of carbonyl (C=O) groups is 1. The molecule has 1 amide bonds. The zero-order chi connectivity index (χ0) is 14.7. The number of hydrogen-bond acceptors (Lipinski definition) is 2. The van der Waals surface area contributed by atoms with Crippen molar-refractivity contribution in [2.24, 2.45) is 5.92 Å². The van der Waals surface area contributed by atoms with Crippen molar-refractivity contribution in [2.45, 2.75) is 64.0 Å². The fourth-order valence-electron chi connectivity index (χ4n) is 2.87. The third-order valence-corrected chi connectivity index (χ3v) is 5.87. The fraction of sp³-hybridized carbons (Fsp3) is 0.706. The third kappa shape index (κ3) is 3.30. The number of hydrogen-bond donors (Lipinski definition) is 0. The topological polar surface area (TPSA) is 20.3 Å². The van der Waals surface area contributed by atoms with Gasteiger partial charge in [-0.2, -0.15) is 0 Å². The van der Waals surface area contributed by atoms with Gasteiger partial charge in [-0.15, -0.1) is 11.8 Å². The van der Waals surface area contributed by atoms with Crippen molar-refractivity contribution in [3.8, 4) is 0 Å². The van der Waals surface area contributed by atoms with E-state index in [2.05, 4.69) is 44.7 Å². The molecule has 2 unspecified atom stereocenters. The second-order valence-electron chi connectivity index (χ2n) is 6.25. The smallest absolute Gasteiger partial charge is 0.236 e. The summed E-state index contributed by atoms with van der Waals surface area (Å²) in [6.07, 6.45) is 8.75. The van der Waals surface area contributed by atoms with E-state index in [0.717, 1.165) is 32.2 Å². The lowest BCUT2D eigenvalue weighted by molar-refractivity contribution is -0.129. The average molecular weight is 293 g/mol. The molecule has 0 N–H and O–H groups in total. The van der Waals surface area contributed by atoms with Crippen LogP contribution in [0.25, 0.3) is 0 Å². The van der Waals surface area contributed by atoms with Crippen LogP contribution in [0.4, 0.5) is 0 Å². The molecular formula is C17H27NOS. The van der Waals surface area contributed by atoms with Crippen LogP contribution in [0.5, 0.6) is 0 Å². The molecule has 2 atom stereocenters. The molecule has 2 aliphatic rings. The highest BCUT2D eigenvalue weighted by molar-refractivity contribution is 8.01. The minimum Gasteiger partial charge on any atom is -0.326 e. The number of thioether (sulfide) groups is 1. The van der Waals surface area contributed by atoms with Gasteiger partial charge in [0.05, 0.1) is 5.25 Å². The summed E-state index contributed by atoms with van der Waals surface area (Å²) >= 11 is 1.87. The number of rotatable bonds is 5. The maximum absolute atomic E-state index is 12.6. The highest BCUT2D eigenvalue weighted by Crippen LogP contribution is 2.41. The number of allylic oxidation sites excluding steroid dienone is 3. The van der Waals surface area contributed by atoms with E-state index in [-0.39, 0.29) is 10.6 Å². The Kier molecular flexibility index (Phi) is 5.36. The summed E-state index contributed by atoms with van der Waals surface area (Å²) in [5, 5.41) is 0.453. The Morgan fingerprint density at radius 2 is 2.20 bits per heavy atom. The van der Waals surface area contributed by atoms with E-state index in [1.165, 1.54) is 11.1 Å². The Balaban J connectivity index is 2.19. The summed E-state index contributed by atoms with van der Waals surface area (Å²) in [6, 6.07) is 0. The van der Waals surface area contributed by atoms with Crippen molar-refractivity contribution in [1.82, 2.24) is 4.90 Å². The quantitative estimate of drug-likeness (QED) is 0.750. The van der Waals surface area contributed by atoms with Crippen molar-refractivity contribution in [3.05, 3.63) is 23.3 Å². The standard InChI is InChI=1S/C17H27NOS/c1-5-15-16(19)18(11-10-12(2)3)17(20-15)14-9-7-6-8-13(14)4/h6,8,12,15,17H,5,7,9-11H2,1-4H3. The molecule has 20 heavy (non-hydrogen) atoms. The molecule has 1 aliphatic heterocycles. The molecule has 1 fully saturated rings. The molecule has 0 aromatic heterocycles. The Morgan fingerprint density at radius 1 is 1.45 bits per heavy atom. The zero-order valence-corrected chi connectivity index (χ0v) is 14.0. The summed E-state index contributed by atoms with van der Waals surface area (Å²) < 4.78 is 0. The summed E-state index contributed by atoms with van der Waals surface area (Å²) in [5.41, 5.74) is 2.85. The first kappa shape index (κ1) is 15.7. The van der Waals surface area contributed by atoms with Crippen LogP contribution in [0.2, 0.25) is 0 Å². The summed E-state index contributed by atoms with van der Waals surface area (Å²) in [7, 11) is 0. The predicted octanol–water partition coefficient (Wildman–Crippen LogP) is 4.38. The van der Waals surface area contributed by atoms with Gasteiger partial charge in [0.25, 0.3) is 0 Å². The minimum absolute atomic E-state index is 0.165. The van der Waals surface area contributed by atoms with E-state index < -0.39 is 0 Å². The van der Waals surface area contributed by atoms with Crippen LogP contribution < -0.4 is 0 Å². The van der Waals surface area contributed by atoms with Gasteiger partial charge >= 0.3 is 0 Å². The van der Waals surface area contributed by atoms with Crippen LogP contribution in [-0.2, 0) is 4.79 Å². The van der Waals surface area contributed by atoms with Crippen molar-refractivity contribution >= 4 is 17.7 Å². The maximum Gasteiger partial charge on any atom is 0.236 e. The Bertz CT molecular complexity index is 425. The van der Waals surface area contributed by atoms with Gasteiger partial charge in [0, 0.05) is 6.54 Å². The van der Waals surface area contributed by atoms with Crippen LogP contribution in [0.3, 0.4) is 0 Å². The van der Waals surface area contributed by atoms with Crippen molar-refractivity contribution in [3.63, 3.8) is 0 Å². The average Bonchev–Trinajstić information content (AvgIpc) is 2.73. The Hall–Kier alpha value is -0.700. The van der Waals surface area contributed by atoms with E-state index >= 15 is 0 Å². The second-order valence-corrected chi connectivity index (χ2v) is 7.54. The molecule has 0 bridgehead atoms. The first-order chi connectivity index (χ1) is 9.54. The fourth-order valence-corrected chi connectivity index (χ4v) is 4.45. The highest BCUT2D eigenvalue weighted by Gasteiger charge is 2.40. The largest absolute Gasteiger partial charge is 0.326 e. The van der Waals surface area contributed by atoms with Gasteiger partial charge in [-0.1, -0.05) is 32.9 Å². The van der Waals surface area contributed by atoms with Gasteiger partial charge in [0.2, 0.25) is 5.91 Å². The number of nitrogens with zero attached hydrogens (tertiary/aromatic N) is 1. The van der Waals surface area contributed by atoms with E-state index in [4.69, 9.17) is 0 Å². The Labute approximate surface area is 127 Å². The van der Waals surface area contributed by atoms with Crippen molar-refractivity contribution in [2.75, 3.05) is 6.54 Å². The van der Waals surface area contributed by atoms with Gasteiger partial charge in [0.1, 0.15) is 5.37 Å². The van der Waals surface area contributed by atoms with Gasteiger partial charge in [-0.05, 0) is 49.7 Å². The number of amides is 1. The van der Waals surface area contributed by atoms with Gasteiger partial charge in [0.15, 0.2) is 0 Å². The normalized spacial score (nSPS) is 27.1. The molecule has 0 radical (unpaired) electrons. The SMILES string of the molecule is CCC1SC(C2=C(C)C=CCC2)N(CCC(C)C)C1=O. The molecule has 1 aliphatic carbocycles. The molecule has 0 aromatic rings. The van der Waals surface area contributed by atoms with Gasteiger partial charge < -0.3 is 4.90 Å². The monoisotopic (exact) mass is 293 g/mol. The van der Waals surface area contributed by atoms with Crippen LogP contribution >= 0.6 is 11.8 Å². The van der Waals surface area contributed by atoms with E-state index in [1.54, 1.807) is 0 Å². The second kappa shape index (κ2) is 6.84. The van der Waals surface area contributed by atoms with E-state index in [1.807, 2.05) is 11.8 Å². The highest BCUT2D eigenvalue weighted by atomic mass is 32.2. The molecule has 3 heteroatoms.